The van der Waals surface area contributed by atoms with Gasteiger partial charge in [0.2, 0.25) is 5.78 Å². The standard InChI is InChI=1S/C9H11NOS/c1-3-7(4-2)9(11)8-5-6-12-10-8/h3,5-6H,4H2,1-2H3/b7-3-. The third-order valence-electron chi connectivity index (χ3n) is 1.69. The SMILES string of the molecule is C/C=C(/CC)C(=O)c1ccsn1. The van der Waals surface area contributed by atoms with Crippen LogP contribution >= 0.6 is 11.5 Å². The van der Waals surface area contributed by atoms with Crippen LogP contribution in [0, 0.1) is 0 Å². The van der Waals surface area contributed by atoms with Crippen LogP contribution < -0.4 is 0 Å². The molecule has 0 amide bonds. The van der Waals surface area contributed by atoms with Crippen molar-refractivity contribution in [3.8, 4) is 0 Å². The summed E-state index contributed by atoms with van der Waals surface area (Å²) in [6.45, 7) is 3.85. The van der Waals surface area contributed by atoms with E-state index >= 15 is 0 Å². The fraction of sp³-hybridized carbons (Fsp3) is 0.333. The molecule has 12 heavy (non-hydrogen) atoms. The lowest BCUT2D eigenvalue weighted by atomic mass is 10.1. The Morgan fingerprint density at radius 1 is 1.75 bits per heavy atom. The molecule has 0 aromatic carbocycles. The molecule has 0 N–H and O–H groups in total. The van der Waals surface area contributed by atoms with E-state index in [0.29, 0.717) is 5.69 Å². The van der Waals surface area contributed by atoms with Gasteiger partial charge in [-0.1, -0.05) is 13.0 Å². The second-order valence-electron chi connectivity index (χ2n) is 2.38. The normalized spacial score (nSPS) is 11.7. The Hall–Kier alpha value is -0.960. The van der Waals surface area contributed by atoms with Gasteiger partial charge in [-0.2, -0.15) is 4.37 Å². The highest BCUT2D eigenvalue weighted by Gasteiger charge is 2.10. The summed E-state index contributed by atoms with van der Waals surface area (Å²) < 4.78 is 3.98. The van der Waals surface area contributed by atoms with Gasteiger partial charge >= 0.3 is 0 Å². The van der Waals surface area contributed by atoms with Gasteiger partial charge in [0, 0.05) is 5.38 Å². The highest BCUT2D eigenvalue weighted by molar-refractivity contribution is 7.03. The van der Waals surface area contributed by atoms with Crippen molar-refractivity contribution < 1.29 is 4.79 Å². The molecule has 1 aromatic rings. The van der Waals surface area contributed by atoms with E-state index in [0.717, 1.165) is 12.0 Å². The maximum absolute atomic E-state index is 11.5. The van der Waals surface area contributed by atoms with E-state index in [-0.39, 0.29) is 5.78 Å². The van der Waals surface area contributed by atoms with Gasteiger partial charge < -0.3 is 0 Å². The van der Waals surface area contributed by atoms with Gasteiger partial charge in [0.1, 0.15) is 5.69 Å². The summed E-state index contributed by atoms with van der Waals surface area (Å²) in [6, 6.07) is 1.76. The number of rotatable bonds is 3. The Bertz CT molecular complexity index is 287. The molecular formula is C9H11NOS. The number of ketones is 1. The van der Waals surface area contributed by atoms with Crippen molar-refractivity contribution in [3.05, 3.63) is 28.8 Å². The van der Waals surface area contributed by atoms with E-state index in [9.17, 15) is 4.79 Å². The van der Waals surface area contributed by atoms with Gasteiger partial charge in [-0.25, -0.2) is 0 Å². The Labute approximate surface area is 76.1 Å². The van der Waals surface area contributed by atoms with Crippen LogP contribution in [-0.4, -0.2) is 10.2 Å². The number of carbonyl (C=O) groups excluding carboxylic acids is 1. The lowest BCUT2D eigenvalue weighted by Gasteiger charge is -1.97. The molecule has 0 saturated carbocycles. The summed E-state index contributed by atoms with van der Waals surface area (Å²) in [4.78, 5) is 11.5. The van der Waals surface area contributed by atoms with Crippen LogP contribution in [0.4, 0.5) is 0 Å². The van der Waals surface area contributed by atoms with Crippen molar-refractivity contribution in [1.29, 1.82) is 0 Å². The zero-order chi connectivity index (χ0) is 8.97. The first-order valence-corrected chi connectivity index (χ1v) is 4.73. The largest absolute Gasteiger partial charge is 0.287 e. The second kappa shape index (κ2) is 4.16. The molecule has 64 valence electrons. The first kappa shape index (κ1) is 9.13. The van der Waals surface area contributed by atoms with Crippen molar-refractivity contribution >= 4 is 17.3 Å². The van der Waals surface area contributed by atoms with E-state index in [2.05, 4.69) is 4.37 Å². The summed E-state index contributed by atoms with van der Waals surface area (Å²) in [5.74, 6) is 0.0567. The maximum atomic E-state index is 11.5. The van der Waals surface area contributed by atoms with Crippen LogP contribution in [-0.2, 0) is 0 Å². The highest BCUT2D eigenvalue weighted by Crippen LogP contribution is 2.10. The predicted octanol–water partition coefficient (Wildman–Crippen LogP) is 2.68. The van der Waals surface area contributed by atoms with Crippen molar-refractivity contribution in [3.63, 3.8) is 0 Å². The van der Waals surface area contributed by atoms with Crippen LogP contribution in [0.2, 0.25) is 0 Å². The van der Waals surface area contributed by atoms with Crippen LogP contribution in [0.15, 0.2) is 23.1 Å². The van der Waals surface area contributed by atoms with Gasteiger partial charge in [-0.3, -0.25) is 4.79 Å². The summed E-state index contributed by atoms with van der Waals surface area (Å²) in [5, 5.41) is 1.82. The minimum absolute atomic E-state index is 0.0567. The highest BCUT2D eigenvalue weighted by atomic mass is 32.1. The van der Waals surface area contributed by atoms with Crippen LogP contribution in [0.3, 0.4) is 0 Å². The summed E-state index contributed by atoms with van der Waals surface area (Å²) in [7, 11) is 0. The van der Waals surface area contributed by atoms with E-state index in [1.54, 1.807) is 6.07 Å². The molecule has 0 aliphatic rings. The molecule has 0 aliphatic carbocycles. The molecule has 0 radical (unpaired) electrons. The molecule has 1 rings (SSSR count). The number of allylic oxidation sites excluding steroid dienone is 2. The van der Waals surface area contributed by atoms with Crippen LogP contribution in [0.1, 0.15) is 30.8 Å². The summed E-state index contributed by atoms with van der Waals surface area (Å²) in [5.41, 5.74) is 1.40. The summed E-state index contributed by atoms with van der Waals surface area (Å²) in [6.07, 6.45) is 2.62. The Balaban J connectivity index is 2.85. The molecular weight excluding hydrogens is 170 g/mol. The van der Waals surface area contributed by atoms with E-state index in [1.165, 1.54) is 11.5 Å². The topological polar surface area (TPSA) is 30.0 Å². The quantitative estimate of drug-likeness (QED) is 0.530. The monoisotopic (exact) mass is 181 g/mol. The Morgan fingerprint density at radius 3 is 2.92 bits per heavy atom. The number of aromatic nitrogens is 1. The number of Topliss-reactive ketones (excluding diaryl/α,β-unsaturated/α-hetero) is 1. The van der Waals surface area contributed by atoms with Crippen LogP contribution in [0.5, 0.6) is 0 Å². The second-order valence-corrected chi connectivity index (χ2v) is 3.05. The van der Waals surface area contributed by atoms with E-state index in [4.69, 9.17) is 0 Å². The molecule has 1 heterocycles. The average molecular weight is 181 g/mol. The van der Waals surface area contributed by atoms with Crippen LogP contribution in [0.25, 0.3) is 0 Å². The predicted molar refractivity (Wildman–Crippen MR) is 50.5 cm³/mol. The van der Waals surface area contributed by atoms with Gasteiger partial charge in [0.05, 0.1) is 0 Å². The molecule has 0 aliphatic heterocycles. The van der Waals surface area contributed by atoms with Crippen molar-refractivity contribution in [2.45, 2.75) is 20.3 Å². The number of hydrogen-bond acceptors (Lipinski definition) is 3. The lowest BCUT2D eigenvalue weighted by molar-refractivity contribution is 0.102. The molecule has 0 bridgehead atoms. The average Bonchev–Trinajstić information content (AvgIpc) is 2.58. The van der Waals surface area contributed by atoms with Crippen molar-refractivity contribution in [2.75, 3.05) is 0 Å². The minimum atomic E-state index is 0.0567. The van der Waals surface area contributed by atoms with Gasteiger partial charge in [0.25, 0.3) is 0 Å². The zero-order valence-electron chi connectivity index (χ0n) is 7.20. The van der Waals surface area contributed by atoms with Crippen molar-refractivity contribution in [1.82, 2.24) is 4.37 Å². The third-order valence-corrected chi connectivity index (χ3v) is 2.25. The van der Waals surface area contributed by atoms with Gasteiger partial charge in [0.15, 0.2) is 0 Å². The van der Waals surface area contributed by atoms with E-state index < -0.39 is 0 Å². The molecule has 0 unspecified atom stereocenters. The Morgan fingerprint density at radius 2 is 2.50 bits per heavy atom. The number of carbonyl (C=O) groups is 1. The maximum Gasteiger partial charge on any atom is 0.208 e. The number of nitrogens with zero attached hydrogens (tertiary/aromatic N) is 1. The first-order valence-electron chi connectivity index (χ1n) is 3.89. The fourth-order valence-corrected chi connectivity index (χ4v) is 1.50. The minimum Gasteiger partial charge on any atom is -0.287 e. The van der Waals surface area contributed by atoms with Gasteiger partial charge in [-0.15, -0.1) is 0 Å². The molecule has 0 fully saturated rings. The molecule has 0 atom stereocenters. The zero-order valence-corrected chi connectivity index (χ0v) is 8.02. The molecule has 2 nitrogen and oxygen atoms in total. The number of hydrogen-bond donors (Lipinski definition) is 0. The van der Waals surface area contributed by atoms with Crippen molar-refractivity contribution in [2.24, 2.45) is 0 Å². The Kier molecular flexibility index (Phi) is 3.17. The summed E-state index contributed by atoms with van der Waals surface area (Å²) >= 11 is 1.31. The lowest BCUT2D eigenvalue weighted by Crippen LogP contribution is -2.02. The molecule has 1 aromatic heterocycles. The third kappa shape index (κ3) is 1.80. The van der Waals surface area contributed by atoms with Gasteiger partial charge in [-0.05, 0) is 36.5 Å². The molecule has 3 heteroatoms. The molecule has 0 saturated heterocycles. The fourth-order valence-electron chi connectivity index (χ4n) is 0.990. The first-order chi connectivity index (χ1) is 5.79. The van der Waals surface area contributed by atoms with E-state index in [1.807, 2.05) is 25.3 Å². The molecule has 0 spiro atoms. The smallest absolute Gasteiger partial charge is 0.208 e.